The third kappa shape index (κ3) is 4.32. The minimum absolute atomic E-state index is 0.202. The molecule has 1 atom stereocenters. The number of amides is 1. The fourth-order valence-electron chi connectivity index (χ4n) is 1.99. The lowest BCUT2D eigenvalue weighted by Crippen LogP contribution is -2.26. The second kappa shape index (κ2) is 7.44. The zero-order valence-electron chi connectivity index (χ0n) is 13.0. The van der Waals surface area contributed by atoms with E-state index in [-0.39, 0.29) is 11.6 Å². The molecule has 1 amide bonds. The van der Waals surface area contributed by atoms with Gasteiger partial charge in [0.25, 0.3) is 5.91 Å². The van der Waals surface area contributed by atoms with Crippen LogP contribution in [0.5, 0.6) is 5.75 Å². The maximum atomic E-state index is 12.0. The van der Waals surface area contributed by atoms with E-state index in [1.54, 1.807) is 7.11 Å². The van der Waals surface area contributed by atoms with Crippen LogP contribution in [0.25, 0.3) is 0 Å². The summed E-state index contributed by atoms with van der Waals surface area (Å²) >= 11 is 0. The number of carboxylic acid groups (broad SMARTS) is 1. The highest BCUT2D eigenvalue weighted by molar-refractivity contribution is 5.92. The minimum Gasteiger partial charge on any atom is -0.497 e. The van der Waals surface area contributed by atoms with Gasteiger partial charge in [-0.05, 0) is 37.1 Å². The average Bonchev–Trinajstić information content (AvgIpc) is 3.04. The Morgan fingerprint density at radius 3 is 2.61 bits per heavy atom. The van der Waals surface area contributed by atoms with Crippen LogP contribution in [-0.2, 0) is 11.2 Å². The lowest BCUT2D eigenvalue weighted by Gasteiger charge is -2.06. The Bertz CT molecular complexity index is 679. The van der Waals surface area contributed by atoms with Gasteiger partial charge in [0.1, 0.15) is 17.5 Å². The summed E-state index contributed by atoms with van der Waals surface area (Å²) in [5.41, 5.74) is 1.28. The van der Waals surface area contributed by atoms with Crippen LogP contribution in [0.1, 0.15) is 29.0 Å². The molecule has 0 aliphatic heterocycles. The third-order valence-electron chi connectivity index (χ3n) is 3.45. The Labute approximate surface area is 133 Å². The number of aromatic nitrogens is 2. The van der Waals surface area contributed by atoms with Gasteiger partial charge in [0, 0.05) is 12.7 Å². The standard InChI is InChI=1S/C16H19N3O4/c1-11(16(21)22)19-10-8-14(18-19)15(20)17-9-7-12-3-5-13(23-2)6-4-12/h3-6,8,10-11H,7,9H2,1-2H3,(H,17,20)(H,21,22). The normalized spacial score (nSPS) is 11.7. The van der Waals surface area contributed by atoms with Gasteiger partial charge in [-0.3, -0.25) is 9.48 Å². The molecule has 122 valence electrons. The van der Waals surface area contributed by atoms with Gasteiger partial charge in [0.2, 0.25) is 0 Å². The summed E-state index contributed by atoms with van der Waals surface area (Å²) in [7, 11) is 1.61. The monoisotopic (exact) mass is 317 g/mol. The Morgan fingerprint density at radius 2 is 2.00 bits per heavy atom. The highest BCUT2D eigenvalue weighted by Gasteiger charge is 2.16. The number of carbonyl (C=O) groups is 2. The molecule has 1 heterocycles. The molecular weight excluding hydrogens is 298 g/mol. The van der Waals surface area contributed by atoms with Crippen molar-refractivity contribution >= 4 is 11.9 Å². The third-order valence-corrected chi connectivity index (χ3v) is 3.45. The van der Waals surface area contributed by atoms with Gasteiger partial charge in [0.15, 0.2) is 0 Å². The fourth-order valence-corrected chi connectivity index (χ4v) is 1.99. The largest absolute Gasteiger partial charge is 0.497 e. The van der Waals surface area contributed by atoms with Crippen LogP contribution in [0.4, 0.5) is 0 Å². The van der Waals surface area contributed by atoms with Crippen molar-refractivity contribution in [2.24, 2.45) is 0 Å². The average molecular weight is 317 g/mol. The summed E-state index contributed by atoms with van der Waals surface area (Å²) in [6.07, 6.45) is 2.17. The number of carboxylic acids is 1. The first kappa shape index (κ1) is 16.5. The van der Waals surface area contributed by atoms with E-state index in [0.717, 1.165) is 11.3 Å². The molecule has 0 aliphatic rings. The molecule has 0 saturated heterocycles. The Morgan fingerprint density at radius 1 is 1.30 bits per heavy atom. The van der Waals surface area contributed by atoms with Crippen LogP contribution >= 0.6 is 0 Å². The molecule has 1 unspecified atom stereocenters. The molecule has 1 aromatic heterocycles. The number of nitrogens with one attached hydrogen (secondary N) is 1. The summed E-state index contributed by atoms with van der Waals surface area (Å²) in [6, 6.07) is 8.30. The molecule has 2 N–H and O–H groups in total. The van der Waals surface area contributed by atoms with Crippen LogP contribution in [0.2, 0.25) is 0 Å². The van der Waals surface area contributed by atoms with E-state index in [2.05, 4.69) is 10.4 Å². The van der Waals surface area contributed by atoms with Crippen LogP contribution < -0.4 is 10.1 Å². The van der Waals surface area contributed by atoms with E-state index in [4.69, 9.17) is 9.84 Å². The SMILES string of the molecule is COc1ccc(CCNC(=O)c2ccn(C(C)C(=O)O)n2)cc1. The van der Waals surface area contributed by atoms with Gasteiger partial charge in [-0.2, -0.15) is 5.10 Å². The first-order valence-corrected chi connectivity index (χ1v) is 7.20. The number of carbonyl (C=O) groups excluding carboxylic acids is 1. The van der Waals surface area contributed by atoms with Crippen molar-refractivity contribution < 1.29 is 19.4 Å². The molecule has 0 bridgehead atoms. The number of hydrogen-bond acceptors (Lipinski definition) is 4. The Balaban J connectivity index is 1.86. The van der Waals surface area contributed by atoms with Gasteiger partial charge in [-0.25, -0.2) is 4.79 Å². The molecule has 0 spiro atoms. The summed E-state index contributed by atoms with van der Waals surface area (Å²) in [6.45, 7) is 1.97. The van der Waals surface area contributed by atoms with Crippen LogP contribution in [0.3, 0.4) is 0 Å². The van der Waals surface area contributed by atoms with Gasteiger partial charge in [0.05, 0.1) is 7.11 Å². The molecule has 0 aliphatic carbocycles. The van der Waals surface area contributed by atoms with Gasteiger partial charge < -0.3 is 15.2 Å². The van der Waals surface area contributed by atoms with E-state index >= 15 is 0 Å². The molecule has 0 radical (unpaired) electrons. The van der Waals surface area contributed by atoms with Crippen molar-refractivity contribution in [2.75, 3.05) is 13.7 Å². The molecular formula is C16H19N3O4. The summed E-state index contributed by atoms with van der Waals surface area (Å²) < 4.78 is 6.34. The summed E-state index contributed by atoms with van der Waals surface area (Å²) in [5.74, 6) is -0.537. The number of aliphatic carboxylic acids is 1. The molecule has 23 heavy (non-hydrogen) atoms. The minimum atomic E-state index is -1.00. The van der Waals surface area contributed by atoms with Gasteiger partial charge in [-0.1, -0.05) is 12.1 Å². The lowest BCUT2D eigenvalue weighted by atomic mass is 10.1. The quantitative estimate of drug-likeness (QED) is 0.807. The molecule has 1 aromatic carbocycles. The zero-order chi connectivity index (χ0) is 16.8. The second-order valence-corrected chi connectivity index (χ2v) is 5.05. The summed E-state index contributed by atoms with van der Waals surface area (Å²) in [5, 5.41) is 15.7. The van der Waals surface area contributed by atoms with E-state index < -0.39 is 12.0 Å². The first-order chi connectivity index (χ1) is 11.0. The number of hydrogen-bond donors (Lipinski definition) is 2. The van der Waals surface area contributed by atoms with Crippen molar-refractivity contribution in [3.05, 3.63) is 47.8 Å². The first-order valence-electron chi connectivity index (χ1n) is 7.20. The van der Waals surface area contributed by atoms with Crippen molar-refractivity contribution in [1.29, 1.82) is 0 Å². The molecule has 2 rings (SSSR count). The molecule has 0 saturated carbocycles. The smallest absolute Gasteiger partial charge is 0.328 e. The van der Waals surface area contributed by atoms with Gasteiger partial charge >= 0.3 is 5.97 Å². The van der Waals surface area contributed by atoms with Gasteiger partial charge in [-0.15, -0.1) is 0 Å². The highest BCUT2D eigenvalue weighted by Crippen LogP contribution is 2.11. The topological polar surface area (TPSA) is 93.5 Å². The van der Waals surface area contributed by atoms with Crippen molar-refractivity contribution in [2.45, 2.75) is 19.4 Å². The van der Waals surface area contributed by atoms with Crippen LogP contribution in [0, 0.1) is 0 Å². The number of benzene rings is 1. The van der Waals surface area contributed by atoms with Crippen LogP contribution in [0.15, 0.2) is 36.5 Å². The summed E-state index contributed by atoms with van der Waals surface area (Å²) in [4.78, 5) is 22.9. The molecule has 7 heteroatoms. The number of methoxy groups -OCH3 is 1. The van der Waals surface area contributed by atoms with Crippen LogP contribution in [-0.4, -0.2) is 40.4 Å². The highest BCUT2D eigenvalue weighted by atomic mass is 16.5. The lowest BCUT2D eigenvalue weighted by molar-refractivity contribution is -0.140. The van der Waals surface area contributed by atoms with E-state index in [1.165, 1.54) is 23.9 Å². The van der Waals surface area contributed by atoms with E-state index in [0.29, 0.717) is 13.0 Å². The van der Waals surface area contributed by atoms with E-state index in [1.807, 2.05) is 24.3 Å². The molecule has 0 fully saturated rings. The number of nitrogens with zero attached hydrogens (tertiary/aromatic N) is 2. The van der Waals surface area contributed by atoms with Crippen molar-refractivity contribution in [1.82, 2.24) is 15.1 Å². The Kier molecular flexibility index (Phi) is 5.35. The fraction of sp³-hybridized carbons (Fsp3) is 0.312. The number of rotatable bonds is 7. The predicted octanol–water partition coefficient (Wildman–Crippen LogP) is 1.51. The maximum Gasteiger partial charge on any atom is 0.328 e. The van der Waals surface area contributed by atoms with E-state index in [9.17, 15) is 9.59 Å². The zero-order valence-corrected chi connectivity index (χ0v) is 13.0. The number of ether oxygens (including phenoxy) is 1. The second-order valence-electron chi connectivity index (χ2n) is 5.05. The molecule has 2 aromatic rings. The molecule has 7 nitrogen and oxygen atoms in total. The Hall–Kier alpha value is -2.83. The predicted molar refractivity (Wildman–Crippen MR) is 83.6 cm³/mol. The van der Waals surface area contributed by atoms with Crippen molar-refractivity contribution in [3.63, 3.8) is 0 Å². The maximum absolute atomic E-state index is 12.0. The van der Waals surface area contributed by atoms with Crippen molar-refractivity contribution in [3.8, 4) is 5.75 Å².